The van der Waals surface area contributed by atoms with Crippen molar-refractivity contribution in [1.29, 1.82) is 0 Å². The minimum atomic E-state index is 0.900. The summed E-state index contributed by atoms with van der Waals surface area (Å²) in [4.78, 5) is 4.73. The van der Waals surface area contributed by atoms with E-state index in [0.29, 0.717) is 0 Å². The Morgan fingerprint density at radius 1 is 0.583 bits per heavy atom. The topological polar surface area (TPSA) is 6.48 Å². The largest absolute Gasteiger partial charge is 0.372 e. The average molecular weight is 555 g/mol. The molecular formula is C31H58N2S3. The van der Waals surface area contributed by atoms with Crippen molar-refractivity contribution in [3.8, 4) is 0 Å². The third-order valence-corrected chi connectivity index (χ3v) is 9.37. The van der Waals surface area contributed by atoms with Gasteiger partial charge in [-0.2, -0.15) is 11.8 Å². The van der Waals surface area contributed by atoms with E-state index in [0.717, 1.165) is 28.0 Å². The molecule has 0 aliphatic carbocycles. The van der Waals surface area contributed by atoms with Crippen molar-refractivity contribution in [3.05, 3.63) is 9.02 Å². The fourth-order valence-electron chi connectivity index (χ4n) is 5.40. The fourth-order valence-corrected chi connectivity index (χ4v) is 6.52. The minimum absolute atomic E-state index is 0.900. The fraction of sp³-hybridized carbons (Fsp3) is 0.871. The lowest BCUT2D eigenvalue weighted by Crippen LogP contribution is -2.28. The molecule has 0 fully saturated rings. The SMILES string of the molecule is CCCCCCCCCC(CCCCCCCC)CCCN(C)c1c(N(C)CCCSC)c(=S)c1=S. The third kappa shape index (κ3) is 13.6. The summed E-state index contributed by atoms with van der Waals surface area (Å²) in [7, 11) is 4.40. The Kier molecular flexibility index (Phi) is 20.5. The van der Waals surface area contributed by atoms with E-state index in [-0.39, 0.29) is 0 Å². The first kappa shape index (κ1) is 33.9. The molecule has 0 saturated carbocycles. The predicted molar refractivity (Wildman–Crippen MR) is 173 cm³/mol. The van der Waals surface area contributed by atoms with Crippen molar-refractivity contribution in [2.24, 2.45) is 5.92 Å². The Labute approximate surface area is 240 Å². The van der Waals surface area contributed by atoms with Crippen LogP contribution in [0.25, 0.3) is 0 Å². The molecule has 0 spiro atoms. The zero-order valence-corrected chi connectivity index (χ0v) is 27.0. The van der Waals surface area contributed by atoms with Crippen LogP contribution in [0.1, 0.15) is 129 Å². The second-order valence-corrected chi connectivity index (χ2v) is 12.8. The molecule has 0 N–H and O–H groups in total. The van der Waals surface area contributed by atoms with Crippen LogP contribution in [0, 0.1) is 14.9 Å². The first-order valence-corrected chi connectivity index (χ1v) is 17.4. The number of nitrogens with zero attached hydrogens (tertiary/aromatic N) is 2. The molecule has 2 nitrogen and oxygen atoms in total. The lowest BCUT2D eigenvalue weighted by Gasteiger charge is -2.31. The molecule has 5 heteroatoms. The van der Waals surface area contributed by atoms with Crippen molar-refractivity contribution in [2.75, 3.05) is 49.0 Å². The molecule has 0 heterocycles. The van der Waals surface area contributed by atoms with Crippen molar-refractivity contribution in [2.45, 2.75) is 129 Å². The average Bonchev–Trinajstić information content (AvgIpc) is 2.87. The monoisotopic (exact) mass is 554 g/mol. The summed E-state index contributed by atoms with van der Waals surface area (Å²) in [6, 6.07) is 0. The number of anilines is 2. The van der Waals surface area contributed by atoms with Gasteiger partial charge in [0.2, 0.25) is 0 Å². The van der Waals surface area contributed by atoms with E-state index < -0.39 is 0 Å². The molecule has 1 rings (SSSR count). The lowest BCUT2D eigenvalue weighted by atomic mass is 9.90. The molecule has 0 amide bonds. The Balaban J connectivity index is 2.51. The standard InChI is InChI=1S/C31H58N2S3/c1-6-8-10-12-14-16-18-22-27(21-17-15-13-11-9-7-2)23-19-24-32(3)28-29(31(35)30(28)34)33(4)25-20-26-36-5/h27H,6-26H2,1-5H3. The molecule has 1 aromatic carbocycles. The number of thioether (sulfide) groups is 1. The van der Waals surface area contributed by atoms with Gasteiger partial charge in [0, 0.05) is 27.2 Å². The van der Waals surface area contributed by atoms with Crippen LogP contribution in [0.5, 0.6) is 0 Å². The number of hydrogen-bond donors (Lipinski definition) is 0. The van der Waals surface area contributed by atoms with Gasteiger partial charge in [-0.15, -0.1) is 0 Å². The van der Waals surface area contributed by atoms with E-state index in [4.69, 9.17) is 24.4 Å². The zero-order chi connectivity index (χ0) is 26.6. The summed E-state index contributed by atoms with van der Waals surface area (Å²) in [5.41, 5.74) is 2.44. The van der Waals surface area contributed by atoms with E-state index in [1.807, 2.05) is 11.8 Å². The molecule has 0 aromatic heterocycles. The van der Waals surface area contributed by atoms with E-state index in [1.165, 1.54) is 133 Å². The highest BCUT2D eigenvalue weighted by molar-refractivity contribution is 7.98. The number of hydrogen-bond acceptors (Lipinski definition) is 5. The molecule has 210 valence electrons. The highest BCUT2D eigenvalue weighted by Gasteiger charge is 2.21. The van der Waals surface area contributed by atoms with Gasteiger partial charge in [0.15, 0.2) is 0 Å². The first-order chi connectivity index (χ1) is 17.5. The van der Waals surface area contributed by atoms with Crippen molar-refractivity contribution in [3.63, 3.8) is 0 Å². The van der Waals surface area contributed by atoms with Crippen LogP contribution in [-0.2, 0) is 0 Å². The summed E-state index contributed by atoms with van der Waals surface area (Å²) in [6.07, 6.45) is 27.2. The predicted octanol–water partition coefficient (Wildman–Crippen LogP) is 10.9. The number of unbranched alkanes of at least 4 members (excludes halogenated alkanes) is 11. The van der Waals surface area contributed by atoms with Gasteiger partial charge in [0.25, 0.3) is 0 Å². The minimum Gasteiger partial charge on any atom is -0.372 e. The summed E-state index contributed by atoms with van der Waals surface area (Å²) < 4.78 is 1.81. The first-order valence-electron chi connectivity index (χ1n) is 15.2. The Bertz CT molecular complexity index is 726. The molecule has 1 aromatic rings. The second kappa shape index (κ2) is 21.8. The molecule has 0 aliphatic rings. The van der Waals surface area contributed by atoms with Gasteiger partial charge in [0.05, 0.1) is 20.4 Å². The molecule has 0 bridgehead atoms. The molecule has 0 saturated heterocycles. The van der Waals surface area contributed by atoms with Crippen LogP contribution in [-0.4, -0.2) is 39.2 Å². The van der Waals surface area contributed by atoms with Gasteiger partial charge < -0.3 is 9.80 Å². The van der Waals surface area contributed by atoms with Crippen molar-refractivity contribution >= 4 is 47.6 Å². The smallest absolute Gasteiger partial charge is 0.0834 e. The molecule has 1 atom stereocenters. The molecule has 0 radical (unpaired) electrons. The van der Waals surface area contributed by atoms with Crippen LogP contribution in [0.15, 0.2) is 0 Å². The Morgan fingerprint density at radius 2 is 0.972 bits per heavy atom. The quantitative estimate of drug-likeness (QED) is 0.0873. The summed E-state index contributed by atoms with van der Waals surface area (Å²) >= 11 is 13.2. The van der Waals surface area contributed by atoms with Crippen LogP contribution >= 0.6 is 36.2 Å². The van der Waals surface area contributed by atoms with Gasteiger partial charge >= 0.3 is 0 Å². The second-order valence-electron chi connectivity index (χ2n) is 11.0. The Morgan fingerprint density at radius 3 is 1.42 bits per heavy atom. The molecule has 1 unspecified atom stereocenters. The maximum atomic E-state index is 5.68. The van der Waals surface area contributed by atoms with Gasteiger partial charge in [-0.3, -0.25) is 0 Å². The maximum absolute atomic E-state index is 5.68. The Hall–Kier alpha value is -0.130. The maximum Gasteiger partial charge on any atom is 0.0834 e. The van der Waals surface area contributed by atoms with Crippen LogP contribution in [0.3, 0.4) is 0 Å². The summed E-state index contributed by atoms with van der Waals surface area (Å²) in [5.74, 6) is 2.09. The molecular weight excluding hydrogens is 497 g/mol. The van der Waals surface area contributed by atoms with Crippen LogP contribution < -0.4 is 9.80 Å². The zero-order valence-electron chi connectivity index (χ0n) is 24.5. The normalized spacial score (nSPS) is 12.4. The van der Waals surface area contributed by atoms with Crippen LogP contribution in [0.2, 0.25) is 0 Å². The van der Waals surface area contributed by atoms with Gasteiger partial charge in [-0.05, 0) is 37.2 Å². The van der Waals surface area contributed by atoms with Gasteiger partial charge in [-0.1, -0.05) is 135 Å². The van der Waals surface area contributed by atoms with E-state index >= 15 is 0 Å². The third-order valence-electron chi connectivity index (χ3n) is 7.75. The lowest BCUT2D eigenvalue weighted by molar-refractivity contribution is 0.373. The van der Waals surface area contributed by atoms with Crippen molar-refractivity contribution < 1.29 is 0 Å². The van der Waals surface area contributed by atoms with E-state index in [9.17, 15) is 0 Å². The number of rotatable bonds is 25. The summed E-state index contributed by atoms with van der Waals surface area (Å²) in [5, 5.41) is 0. The highest BCUT2D eigenvalue weighted by Crippen LogP contribution is 2.38. The summed E-state index contributed by atoms with van der Waals surface area (Å²) in [6.45, 7) is 6.75. The molecule has 0 aliphatic heterocycles. The van der Waals surface area contributed by atoms with Gasteiger partial charge in [-0.25, -0.2) is 0 Å². The van der Waals surface area contributed by atoms with E-state index in [2.05, 4.69) is 44.0 Å². The highest BCUT2D eigenvalue weighted by atomic mass is 32.2. The van der Waals surface area contributed by atoms with E-state index in [1.54, 1.807) is 0 Å². The van der Waals surface area contributed by atoms with Crippen LogP contribution in [0.4, 0.5) is 11.4 Å². The van der Waals surface area contributed by atoms with Crippen molar-refractivity contribution in [1.82, 2.24) is 0 Å². The van der Waals surface area contributed by atoms with Gasteiger partial charge in [0.1, 0.15) is 0 Å². The molecule has 36 heavy (non-hydrogen) atoms.